The summed E-state index contributed by atoms with van der Waals surface area (Å²) in [4.78, 5) is 53.6. The van der Waals surface area contributed by atoms with Crippen LogP contribution in [0.2, 0.25) is 0 Å². The molecule has 18 heavy (non-hydrogen) atoms. The average molecular weight is 258 g/mol. The molecule has 2 aliphatic heterocycles. The Morgan fingerprint density at radius 3 is 1.33 bits per heavy atom. The SMILES string of the molecule is O=C1CCC(=O)N1OC(O)ON1C(=O)CCC1=O. The minimum Gasteiger partial charge on any atom is -0.343 e. The molecule has 2 rings (SSSR count). The highest BCUT2D eigenvalue weighted by atomic mass is 16.9. The maximum Gasteiger partial charge on any atom is 0.314 e. The van der Waals surface area contributed by atoms with Gasteiger partial charge in [-0.25, -0.2) is 9.68 Å². The summed E-state index contributed by atoms with van der Waals surface area (Å²) in [6.45, 7) is -2.08. The van der Waals surface area contributed by atoms with Gasteiger partial charge in [-0.05, 0) is 0 Å². The summed E-state index contributed by atoms with van der Waals surface area (Å²) in [5, 5.41) is 10.0. The van der Waals surface area contributed by atoms with Crippen molar-refractivity contribution < 1.29 is 34.0 Å². The van der Waals surface area contributed by atoms with Crippen LogP contribution in [0.1, 0.15) is 25.7 Å². The van der Waals surface area contributed by atoms with E-state index in [9.17, 15) is 24.3 Å². The second-order valence-electron chi connectivity index (χ2n) is 3.68. The Balaban J connectivity index is 1.90. The summed E-state index contributed by atoms with van der Waals surface area (Å²) in [5.74, 6) is -2.49. The van der Waals surface area contributed by atoms with Gasteiger partial charge in [0.05, 0.1) is 0 Å². The largest absolute Gasteiger partial charge is 0.343 e. The Bertz CT molecular complexity index is 351. The second-order valence-corrected chi connectivity index (χ2v) is 3.68. The molecule has 0 radical (unpaired) electrons. The van der Waals surface area contributed by atoms with Crippen molar-refractivity contribution in [2.45, 2.75) is 32.2 Å². The number of hydroxylamine groups is 4. The lowest BCUT2D eigenvalue weighted by molar-refractivity contribution is -0.380. The third kappa shape index (κ3) is 2.37. The van der Waals surface area contributed by atoms with Gasteiger partial charge in [-0.3, -0.25) is 19.2 Å². The van der Waals surface area contributed by atoms with E-state index in [4.69, 9.17) is 0 Å². The first kappa shape index (κ1) is 12.6. The molecule has 2 saturated heterocycles. The minimum absolute atomic E-state index is 0.0207. The van der Waals surface area contributed by atoms with E-state index in [0.717, 1.165) is 0 Å². The number of imide groups is 2. The summed E-state index contributed by atoms with van der Waals surface area (Å²) in [6, 6.07) is 0. The van der Waals surface area contributed by atoms with Crippen molar-refractivity contribution in [3.63, 3.8) is 0 Å². The zero-order chi connectivity index (χ0) is 13.3. The fourth-order valence-electron chi connectivity index (χ4n) is 1.55. The number of amides is 4. The molecule has 2 heterocycles. The molecule has 0 aromatic carbocycles. The number of nitrogens with zero attached hydrogens (tertiary/aromatic N) is 2. The summed E-state index contributed by atoms with van der Waals surface area (Å²) < 4.78 is 0. The Morgan fingerprint density at radius 2 is 1.06 bits per heavy atom. The van der Waals surface area contributed by atoms with Gasteiger partial charge in [0.2, 0.25) is 0 Å². The summed E-state index contributed by atoms with van der Waals surface area (Å²) >= 11 is 0. The first-order valence-corrected chi connectivity index (χ1v) is 5.22. The molecule has 98 valence electrons. The van der Waals surface area contributed by atoms with Crippen LogP contribution in [0.25, 0.3) is 0 Å². The zero-order valence-corrected chi connectivity index (χ0v) is 9.20. The van der Waals surface area contributed by atoms with E-state index in [1.54, 1.807) is 0 Å². The molecule has 2 aliphatic rings. The van der Waals surface area contributed by atoms with Gasteiger partial charge < -0.3 is 5.11 Å². The number of carbonyl (C=O) groups excluding carboxylic acids is 4. The molecule has 0 aromatic rings. The predicted molar refractivity (Wildman–Crippen MR) is 50.4 cm³/mol. The normalized spacial score (nSPS) is 20.8. The Labute approximate surface area is 101 Å². The van der Waals surface area contributed by atoms with Crippen LogP contribution in [0.5, 0.6) is 0 Å². The number of rotatable bonds is 4. The highest BCUT2D eigenvalue weighted by Gasteiger charge is 2.36. The third-order valence-corrected chi connectivity index (χ3v) is 2.40. The van der Waals surface area contributed by atoms with Crippen molar-refractivity contribution in [3.8, 4) is 0 Å². The van der Waals surface area contributed by atoms with E-state index < -0.39 is 30.1 Å². The zero-order valence-electron chi connectivity index (χ0n) is 9.20. The first-order valence-electron chi connectivity index (χ1n) is 5.22. The monoisotopic (exact) mass is 258 g/mol. The Hall–Kier alpha value is -1.84. The summed E-state index contributed by atoms with van der Waals surface area (Å²) in [5.41, 5.74) is 0. The van der Waals surface area contributed by atoms with E-state index in [1.807, 2.05) is 0 Å². The van der Waals surface area contributed by atoms with E-state index >= 15 is 0 Å². The van der Waals surface area contributed by atoms with E-state index in [1.165, 1.54) is 0 Å². The molecule has 0 atom stereocenters. The van der Waals surface area contributed by atoms with Crippen LogP contribution in [-0.4, -0.2) is 45.3 Å². The van der Waals surface area contributed by atoms with Crippen molar-refractivity contribution >= 4 is 23.6 Å². The maximum absolute atomic E-state index is 11.2. The summed E-state index contributed by atoms with van der Waals surface area (Å²) in [6.07, 6.45) is -0.0828. The molecule has 0 bridgehead atoms. The molecule has 0 saturated carbocycles. The molecule has 9 nitrogen and oxygen atoms in total. The number of aliphatic hydroxyl groups excluding tert-OH is 1. The van der Waals surface area contributed by atoms with Crippen molar-refractivity contribution in [2.24, 2.45) is 0 Å². The Morgan fingerprint density at radius 1 is 0.778 bits per heavy atom. The highest BCUT2D eigenvalue weighted by Crippen LogP contribution is 2.17. The van der Waals surface area contributed by atoms with Crippen LogP contribution in [0, 0.1) is 0 Å². The van der Waals surface area contributed by atoms with E-state index in [-0.39, 0.29) is 25.7 Å². The van der Waals surface area contributed by atoms with Crippen molar-refractivity contribution in [1.82, 2.24) is 10.1 Å². The van der Waals surface area contributed by atoms with Crippen LogP contribution >= 0.6 is 0 Å². The quantitative estimate of drug-likeness (QED) is 0.478. The molecule has 1 N–H and O–H groups in total. The molecule has 0 aliphatic carbocycles. The van der Waals surface area contributed by atoms with Gasteiger partial charge in [0.15, 0.2) is 0 Å². The lowest BCUT2D eigenvalue weighted by atomic mass is 10.4. The van der Waals surface area contributed by atoms with Gasteiger partial charge in [0.1, 0.15) is 0 Å². The van der Waals surface area contributed by atoms with Gasteiger partial charge >= 0.3 is 6.48 Å². The molecule has 4 amide bonds. The van der Waals surface area contributed by atoms with Crippen LogP contribution in [0.4, 0.5) is 0 Å². The van der Waals surface area contributed by atoms with E-state index in [2.05, 4.69) is 9.68 Å². The predicted octanol–water partition coefficient (Wildman–Crippen LogP) is -1.58. The Kier molecular flexibility index (Phi) is 3.36. The highest BCUT2D eigenvalue weighted by molar-refractivity contribution is 6.01. The third-order valence-electron chi connectivity index (χ3n) is 2.40. The minimum atomic E-state index is -2.08. The number of carbonyl (C=O) groups is 4. The smallest absolute Gasteiger partial charge is 0.314 e. The molecule has 0 spiro atoms. The number of aliphatic hydroxyl groups is 1. The van der Waals surface area contributed by atoms with E-state index in [0.29, 0.717) is 10.1 Å². The van der Waals surface area contributed by atoms with Crippen LogP contribution < -0.4 is 0 Å². The fourth-order valence-corrected chi connectivity index (χ4v) is 1.55. The standard InChI is InChI=1S/C9H10N2O7/c12-5-1-2-6(13)10(5)17-9(16)18-11-7(14)3-4-8(11)15/h9,16H,1-4H2. The second kappa shape index (κ2) is 4.80. The lowest BCUT2D eigenvalue weighted by Crippen LogP contribution is -2.40. The topological polar surface area (TPSA) is 113 Å². The molecular formula is C9H10N2O7. The van der Waals surface area contributed by atoms with Crippen molar-refractivity contribution in [1.29, 1.82) is 0 Å². The van der Waals surface area contributed by atoms with Crippen molar-refractivity contribution in [2.75, 3.05) is 0 Å². The van der Waals surface area contributed by atoms with Crippen LogP contribution in [-0.2, 0) is 28.9 Å². The average Bonchev–Trinajstić information content (AvgIpc) is 2.79. The molecule has 0 unspecified atom stereocenters. The van der Waals surface area contributed by atoms with Crippen LogP contribution in [0.3, 0.4) is 0 Å². The maximum atomic E-state index is 11.2. The van der Waals surface area contributed by atoms with Gasteiger partial charge in [-0.2, -0.15) is 0 Å². The van der Waals surface area contributed by atoms with Crippen LogP contribution in [0.15, 0.2) is 0 Å². The van der Waals surface area contributed by atoms with Gasteiger partial charge in [-0.15, -0.1) is 10.1 Å². The van der Waals surface area contributed by atoms with Gasteiger partial charge in [0.25, 0.3) is 23.6 Å². The molecule has 9 heteroatoms. The number of hydrogen-bond acceptors (Lipinski definition) is 7. The molecule has 0 aromatic heterocycles. The fraction of sp³-hybridized carbons (Fsp3) is 0.556. The first-order chi connectivity index (χ1) is 8.49. The summed E-state index contributed by atoms with van der Waals surface area (Å²) in [7, 11) is 0. The van der Waals surface area contributed by atoms with Gasteiger partial charge in [-0.1, -0.05) is 0 Å². The molecule has 2 fully saturated rings. The molecular weight excluding hydrogens is 248 g/mol. The van der Waals surface area contributed by atoms with Gasteiger partial charge in [0, 0.05) is 25.7 Å². The number of hydrogen-bond donors (Lipinski definition) is 1. The van der Waals surface area contributed by atoms with Crippen molar-refractivity contribution in [3.05, 3.63) is 0 Å². The lowest BCUT2D eigenvalue weighted by Gasteiger charge is -2.21.